The number of anilines is 1. The van der Waals surface area contributed by atoms with Gasteiger partial charge < -0.3 is 14.5 Å². The average molecular weight is 452 g/mol. The van der Waals surface area contributed by atoms with E-state index in [1.165, 1.54) is 0 Å². The lowest BCUT2D eigenvalue weighted by Crippen LogP contribution is -2.51. The normalized spacial score (nSPS) is 17.9. The monoisotopic (exact) mass is 451 g/mol. The van der Waals surface area contributed by atoms with Gasteiger partial charge in [-0.15, -0.1) is 0 Å². The molecule has 32 heavy (non-hydrogen) atoms. The molecule has 0 unspecified atom stereocenters. The van der Waals surface area contributed by atoms with Crippen LogP contribution in [-0.2, 0) is 9.59 Å². The Labute approximate surface area is 191 Å². The summed E-state index contributed by atoms with van der Waals surface area (Å²) >= 11 is 0.870. The lowest BCUT2D eigenvalue weighted by molar-refractivity contribution is -0.136. The van der Waals surface area contributed by atoms with Crippen molar-refractivity contribution in [2.45, 2.75) is 6.92 Å². The van der Waals surface area contributed by atoms with Crippen LogP contribution in [0.5, 0.6) is 5.75 Å². The molecular weight excluding hydrogens is 426 g/mol. The van der Waals surface area contributed by atoms with Crippen molar-refractivity contribution in [3.63, 3.8) is 0 Å². The predicted molar refractivity (Wildman–Crippen MR) is 126 cm³/mol. The van der Waals surface area contributed by atoms with Gasteiger partial charge >= 0.3 is 0 Å². The van der Waals surface area contributed by atoms with Crippen LogP contribution in [0.25, 0.3) is 6.08 Å². The highest BCUT2D eigenvalue weighted by atomic mass is 32.2. The number of ether oxygens (including phenoxy) is 1. The molecule has 0 radical (unpaired) electrons. The van der Waals surface area contributed by atoms with Crippen LogP contribution in [0.4, 0.5) is 10.5 Å². The van der Waals surface area contributed by atoms with Gasteiger partial charge in [0.1, 0.15) is 12.3 Å². The lowest BCUT2D eigenvalue weighted by Gasteiger charge is -2.36. The van der Waals surface area contributed by atoms with Crippen LogP contribution in [0.1, 0.15) is 11.1 Å². The number of hydrogen-bond donors (Lipinski definition) is 0. The van der Waals surface area contributed by atoms with Crippen LogP contribution in [0, 0.1) is 6.92 Å². The van der Waals surface area contributed by atoms with Gasteiger partial charge in [-0.25, -0.2) is 0 Å². The molecule has 0 aromatic heterocycles. The molecule has 0 bridgehead atoms. The fourth-order valence-corrected chi connectivity index (χ4v) is 4.63. The third-order valence-corrected chi connectivity index (χ3v) is 6.59. The van der Waals surface area contributed by atoms with Crippen molar-refractivity contribution in [1.29, 1.82) is 0 Å². The summed E-state index contributed by atoms with van der Waals surface area (Å²) in [7, 11) is 1.60. The van der Waals surface area contributed by atoms with Crippen molar-refractivity contribution < 1.29 is 19.1 Å². The van der Waals surface area contributed by atoms with Crippen molar-refractivity contribution in [2.24, 2.45) is 0 Å². The number of piperazine rings is 1. The Kier molecular flexibility index (Phi) is 6.50. The first-order chi connectivity index (χ1) is 15.5. The zero-order valence-electron chi connectivity index (χ0n) is 18.1. The highest BCUT2D eigenvalue weighted by molar-refractivity contribution is 8.18. The second-order valence-electron chi connectivity index (χ2n) is 7.69. The maximum absolute atomic E-state index is 12.8. The van der Waals surface area contributed by atoms with Gasteiger partial charge in [-0.2, -0.15) is 0 Å². The largest absolute Gasteiger partial charge is 0.497 e. The highest BCUT2D eigenvalue weighted by Gasteiger charge is 2.37. The molecule has 0 atom stereocenters. The molecule has 166 valence electrons. The number of benzene rings is 2. The number of carbonyl (C=O) groups is 3. The molecule has 8 heteroatoms. The van der Waals surface area contributed by atoms with Gasteiger partial charge in [0.05, 0.1) is 12.0 Å². The van der Waals surface area contributed by atoms with Gasteiger partial charge in [0.15, 0.2) is 0 Å². The van der Waals surface area contributed by atoms with Crippen molar-refractivity contribution >= 4 is 40.6 Å². The minimum atomic E-state index is -0.425. The van der Waals surface area contributed by atoms with Crippen LogP contribution in [-0.4, -0.2) is 66.7 Å². The third kappa shape index (κ3) is 4.65. The average Bonchev–Trinajstić information content (AvgIpc) is 3.08. The Morgan fingerprint density at radius 2 is 1.78 bits per heavy atom. The summed E-state index contributed by atoms with van der Waals surface area (Å²) in [4.78, 5) is 43.4. The van der Waals surface area contributed by atoms with E-state index < -0.39 is 11.1 Å². The zero-order valence-corrected chi connectivity index (χ0v) is 18.9. The summed E-state index contributed by atoms with van der Waals surface area (Å²) in [6, 6.07) is 15.6. The van der Waals surface area contributed by atoms with E-state index in [9.17, 15) is 14.4 Å². The van der Waals surface area contributed by atoms with Crippen LogP contribution >= 0.6 is 11.8 Å². The van der Waals surface area contributed by atoms with Crippen LogP contribution in [0.2, 0.25) is 0 Å². The maximum Gasteiger partial charge on any atom is 0.294 e. The minimum Gasteiger partial charge on any atom is -0.497 e. The molecule has 2 aliphatic heterocycles. The van der Waals surface area contributed by atoms with Gasteiger partial charge in [-0.1, -0.05) is 24.3 Å². The van der Waals surface area contributed by atoms with E-state index in [-0.39, 0.29) is 12.5 Å². The number of hydrogen-bond acceptors (Lipinski definition) is 6. The highest BCUT2D eigenvalue weighted by Crippen LogP contribution is 2.33. The number of nitrogens with zero attached hydrogens (tertiary/aromatic N) is 3. The standard InChI is InChI=1S/C24H25N3O4S/c1-17-14-20(31-2)9-8-18(17)15-21-23(29)27(24(30)32-21)16-22(28)26-12-10-25(11-13-26)19-6-4-3-5-7-19/h3-9,14-15H,10-13,16H2,1-2H3/b21-15+. The minimum absolute atomic E-state index is 0.207. The SMILES string of the molecule is COc1ccc(/C=C2/SC(=O)N(CC(=O)N3CCN(c4ccccc4)CC3)C2=O)c(C)c1. The van der Waals surface area contributed by atoms with E-state index in [4.69, 9.17) is 4.74 Å². The molecule has 2 fully saturated rings. The molecule has 0 N–H and O–H groups in total. The van der Waals surface area contributed by atoms with Gasteiger partial charge in [0.25, 0.3) is 11.1 Å². The zero-order chi connectivity index (χ0) is 22.7. The number of rotatable bonds is 5. The van der Waals surface area contributed by atoms with E-state index in [0.717, 1.165) is 39.2 Å². The molecule has 3 amide bonds. The van der Waals surface area contributed by atoms with Gasteiger partial charge in [-0.05, 0) is 60.2 Å². The molecule has 4 rings (SSSR count). The number of aryl methyl sites for hydroxylation is 1. The fourth-order valence-electron chi connectivity index (χ4n) is 3.80. The Morgan fingerprint density at radius 1 is 1.06 bits per heavy atom. The Morgan fingerprint density at radius 3 is 2.44 bits per heavy atom. The maximum atomic E-state index is 12.8. The first kappa shape index (κ1) is 22.0. The number of imide groups is 1. The predicted octanol–water partition coefficient (Wildman–Crippen LogP) is 3.39. The number of para-hydroxylation sites is 1. The van der Waals surface area contributed by atoms with E-state index in [1.807, 2.05) is 43.3 Å². The van der Waals surface area contributed by atoms with Gasteiger partial charge in [0, 0.05) is 31.9 Å². The first-order valence-corrected chi connectivity index (χ1v) is 11.3. The number of methoxy groups -OCH3 is 1. The molecule has 0 saturated carbocycles. The van der Waals surface area contributed by atoms with Gasteiger partial charge in [-0.3, -0.25) is 19.3 Å². The van der Waals surface area contributed by atoms with Crippen LogP contribution in [0.3, 0.4) is 0 Å². The van der Waals surface area contributed by atoms with Crippen molar-refractivity contribution in [3.05, 3.63) is 64.6 Å². The summed E-state index contributed by atoms with van der Waals surface area (Å²) < 4.78 is 5.21. The molecule has 2 saturated heterocycles. The molecular formula is C24H25N3O4S. The summed E-state index contributed by atoms with van der Waals surface area (Å²) in [5.41, 5.74) is 2.90. The number of thioether (sulfide) groups is 1. The quantitative estimate of drug-likeness (QED) is 0.649. The van der Waals surface area contributed by atoms with E-state index >= 15 is 0 Å². The Bertz CT molecular complexity index is 1060. The summed E-state index contributed by atoms with van der Waals surface area (Å²) in [6.45, 7) is 4.24. The van der Waals surface area contributed by atoms with Crippen molar-refractivity contribution in [2.75, 3.05) is 44.7 Å². The molecule has 2 heterocycles. The molecule has 2 aromatic rings. The van der Waals surface area contributed by atoms with E-state index in [0.29, 0.717) is 31.1 Å². The topological polar surface area (TPSA) is 70.2 Å². The van der Waals surface area contributed by atoms with Crippen LogP contribution < -0.4 is 9.64 Å². The Hall–Kier alpha value is -3.26. The third-order valence-electron chi connectivity index (χ3n) is 5.68. The van der Waals surface area contributed by atoms with Crippen molar-refractivity contribution in [1.82, 2.24) is 9.80 Å². The van der Waals surface area contributed by atoms with Crippen molar-refractivity contribution in [3.8, 4) is 5.75 Å². The second-order valence-corrected chi connectivity index (χ2v) is 8.69. The number of amides is 3. The first-order valence-electron chi connectivity index (χ1n) is 10.4. The second kappa shape index (κ2) is 9.48. The molecule has 0 spiro atoms. The van der Waals surface area contributed by atoms with Gasteiger partial charge in [0.2, 0.25) is 5.91 Å². The van der Waals surface area contributed by atoms with Crippen LogP contribution in [0.15, 0.2) is 53.4 Å². The molecule has 0 aliphatic carbocycles. The molecule has 2 aromatic carbocycles. The molecule has 7 nitrogen and oxygen atoms in total. The number of carbonyl (C=O) groups excluding carboxylic acids is 3. The summed E-state index contributed by atoms with van der Waals surface area (Å²) in [5, 5.41) is -0.413. The van der Waals surface area contributed by atoms with E-state index in [1.54, 1.807) is 18.1 Å². The summed E-state index contributed by atoms with van der Waals surface area (Å²) in [5.74, 6) is 0.0964. The fraction of sp³-hybridized carbons (Fsp3) is 0.292. The Balaban J connectivity index is 1.38. The smallest absolute Gasteiger partial charge is 0.294 e. The summed E-state index contributed by atoms with van der Waals surface area (Å²) in [6.07, 6.45) is 1.70. The van der Waals surface area contributed by atoms with E-state index in [2.05, 4.69) is 17.0 Å². The lowest BCUT2D eigenvalue weighted by atomic mass is 10.1. The molecule has 2 aliphatic rings.